The smallest absolute Gasteiger partial charge is 0.0557 e. The van der Waals surface area contributed by atoms with Gasteiger partial charge >= 0.3 is 0 Å². The highest BCUT2D eigenvalue weighted by atomic mass is 32.1. The van der Waals surface area contributed by atoms with Gasteiger partial charge in [0.25, 0.3) is 0 Å². The Kier molecular flexibility index (Phi) is 4.23. The lowest BCUT2D eigenvalue weighted by molar-refractivity contribution is 0.662. The molecule has 0 unspecified atom stereocenters. The molecule has 1 N–H and O–H groups in total. The van der Waals surface area contributed by atoms with E-state index < -0.39 is 0 Å². The van der Waals surface area contributed by atoms with Gasteiger partial charge in [0.1, 0.15) is 0 Å². The zero-order chi connectivity index (χ0) is 11.2. The molecule has 0 fully saturated rings. The highest BCUT2D eigenvalue weighted by molar-refractivity contribution is 7.13. The summed E-state index contributed by atoms with van der Waals surface area (Å²) in [7, 11) is 0. The molecule has 0 bridgehead atoms. The van der Waals surface area contributed by atoms with Crippen molar-refractivity contribution < 1.29 is 0 Å². The molecule has 0 aromatic carbocycles. The summed E-state index contributed by atoms with van der Waals surface area (Å²) < 4.78 is 0. The minimum Gasteiger partial charge on any atom is -0.358 e. The van der Waals surface area contributed by atoms with Gasteiger partial charge in [-0.2, -0.15) is 0 Å². The van der Waals surface area contributed by atoms with Gasteiger partial charge in [0.15, 0.2) is 0 Å². The van der Waals surface area contributed by atoms with E-state index in [1.54, 1.807) is 11.3 Å². The van der Waals surface area contributed by atoms with Crippen LogP contribution in [0.3, 0.4) is 0 Å². The van der Waals surface area contributed by atoms with Gasteiger partial charge < -0.3 is 4.98 Å². The lowest BCUT2D eigenvalue weighted by atomic mass is 10.1. The average molecular weight is 233 g/mol. The van der Waals surface area contributed by atoms with Crippen molar-refractivity contribution in [2.75, 3.05) is 0 Å². The first-order valence-electron chi connectivity index (χ1n) is 6.12. The number of unbranched alkanes of at least 4 members (excludes halogenated alkanes) is 3. The minimum atomic E-state index is 1.19. The Bertz CT molecular complexity index is 400. The van der Waals surface area contributed by atoms with Crippen molar-refractivity contribution in [3.05, 3.63) is 35.3 Å². The van der Waals surface area contributed by atoms with Crippen LogP contribution in [0.15, 0.2) is 29.6 Å². The standard InChI is InChI=1S/C14H19NS/c1-2-3-4-5-7-12-9-10-13(15-12)14-8-6-11-16-14/h6,8-11,15H,2-5,7H2,1H3. The van der Waals surface area contributed by atoms with E-state index >= 15 is 0 Å². The third kappa shape index (κ3) is 2.99. The summed E-state index contributed by atoms with van der Waals surface area (Å²) in [6.45, 7) is 2.25. The Hall–Kier alpha value is -1.02. The van der Waals surface area contributed by atoms with Crippen LogP contribution < -0.4 is 0 Å². The molecule has 0 saturated carbocycles. The Morgan fingerprint density at radius 1 is 1.12 bits per heavy atom. The second-order valence-corrected chi connectivity index (χ2v) is 5.13. The van der Waals surface area contributed by atoms with Gasteiger partial charge in [-0.25, -0.2) is 0 Å². The van der Waals surface area contributed by atoms with Gasteiger partial charge in [-0.3, -0.25) is 0 Å². The van der Waals surface area contributed by atoms with Crippen LogP contribution in [0, 0.1) is 0 Å². The van der Waals surface area contributed by atoms with E-state index in [4.69, 9.17) is 0 Å². The second kappa shape index (κ2) is 5.90. The number of hydrogen-bond donors (Lipinski definition) is 1. The molecule has 0 amide bonds. The molecule has 2 heteroatoms. The number of H-pyrrole nitrogens is 1. The minimum absolute atomic E-state index is 1.19. The van der Waals surface area contributed by atoms with Crippen LogP contribution in [0.1, 0.15) is 38.3 Å². The van der Waals surface area contributed by atoms with Gasteiger partial charge in [0.2, 0.25) is 0 Å². The molecule has 0 spiro atoms. The monoisotopic (exact) mass is 233 g/mol. The third-order valence-corrected chi connectivity index (χ3v) is 3.74. The van der Waals surface area contributed by atoms with Crippen molar-refractivity contribution in [3.8, 4) is 10.6 Å². The average Bonchev–Trinajstić information content (AvgIpc) is 2.94. The van der Waals surface area contributed by atoms with E-state index in [0.29, 0.717) is 0 Å². The van der Waals surface area contributed by atoms with Crippen molar-refractivity contribution >= 4 is 11.3 Å². The van der Waals surface area contributed by atoms with E-state index in [9.17, 15) is 0 Å². The molecule has 86 valence electrons. The molecule has 0 atom stereocenters. The first-order valence-corrected chi connectivity index (χ1v) is 7.00. The maximum atomic E-state index is 3.50. The Balaban J connectivity index is 1.88. The number of aromatic amines is 1. The van der Waals surface area contributed by atoms with Crippen LogP contribution >= 0.6 is 11.3 Å². The van der Waals surface area contributed by atoms with Crippen LogP contribution in [0.4, 0.5) is 0 Å². The highest BCUT2D eigenvalue weighted by Crippen LogP contribution is 2.24. The highest BCUT2D eigenvalue weighted by Gasteiger charge is 2.01. The fourth-order valence-electron chi connectivity index (χ4n) is 1.90. The van der Waals surface area contributed by atoms with E-state index in [0.717, 1.165) is 0 Å². The SMILES string of the molecule is CCCCCCc1ccc(-c2cccs2)[nH]1. The van der Waals surface area contributed by atoms with E-state index in [-0.39, 0.29) is 0 Å². The van der Waals surface area contributed by atoms with Gasteiger partial charge in [-0.05, 0) is 36.4 Å². The van der Waals surface area contributed by atoms with Crippen molar-refractivity contribution in [2.45, 2.75) is 39.0 Å². The van der Waals surface area contributed by atoms with Crippen molar-refractivity contribution in [1.29, 1.82) is 0 Å². The van der Waals surface area contributed by atoms with Crippen molar-refractivity contribution in [3.63, 3.8) is 0 Å². The first-order chi connectivity index (χ1) is 7.90. The molecule has 2 aromatic heterocycles. The number of rotatable bonds is 6. The maximum Gasteiger partial charge on any atom is 0.0557 e. The number of thiophene rings is 1. The molecule has 0 aliphatic rings. The number of aryl methyl sites for hydroxylation is 1. The number of nitrogens with one attached hydrogen (secondary N) is 1. The lowest BCUT2D eigenvalue weighted by Gasteiger charge is -1.98. The van der Waals surface area contributed by atoms with E-state index in [1.807, 2.05) is 0 Å². The second-order valence-electron chi connectivity index (χ2n) is 4.19. The number of aromatic nitrogens is 1. The van der Waals surface area contributed by atoms with Gasteiger partial charge in [0, 0.05) is 5.69 Å². The van der Waals surface area contributed by atoms with Crippen LogP contribution in [0.25, 0.3) is 10.6 Å². The molecular weight excluding hydrogens is 214 g/mol. The van der Waals surface area contributed by atoms with Crippen LogP contribution in [0.2, 0.25) is 0 Å². The molecule has 1 nitrogen and oxygen atoms in total. The van der Waals surface area contributed by atoms with Gasteiger partial charge in [-0.1, -0.05) is 32.3 Å². The zero-order valence-corrected chi connectivity index (χ0v) is 10.6. The predicted octanol–water partition coefficient (Wildman–Crippen LogP) is 4.87. The summed E-state index contributed by atoms with van der Waals surface area (Å²) in [6, 6.07) is 8.68. The normalized spacial score (nSPS) is 10.8. The van der Waals surface area contributed by atoms with E-state index in [2.05, 4.69) is 41.6 Å². The largest absolute Gasteiger partial charge is 0.358 e. The zero-order valence-electron chi connectivity index (χ0n) is 9.83. The molecule has 2 aromatic rings. The van der Waals surface area contributed by atoms with Crippen LogP contribution in [-0.4, -0.2) is 4.98 Å². The summed E-state index contributed by atoms with van der Waals surface area (Å²) >= 11 is 1.79. The van der Waals surface area contributed by atoms with Crippen molar-refractivity contribution in [1.82, 2.24) is 4.98 Å². The van der Waals surface area contributed by atoms with Gasteiger partial charge in [-0.15, -0.1) is 11.3 Å². The molecule has 0 aliphatic heterocycles. The molecule has 16 heavy (non-hydrogen) atoms. The topological polar surface area (TPSA) is 15.8 Å². The van der Waals surface area contributed by atoms with Gasteiger partial charge in [0.05, 0.1) is 10.6 Å². The van der Waals surface area contributed by atoms with Crippen LogP contribution in [0.5, 0.6) is 0 Å². The fourth-order valence-corrected chi connectivity index (χ4v) is 2.61. The predicted molar refractivity (Wildman–Crippen MR) is 72.0 cm³/mol. The Labute approximate surface area is 102 Å². The van der Waals surface area contributed by atoms with Crippen LogP contribution in [-0.2, 0) is 6.42 Å². The van der Waals surface area contributed by atoms with E-state index in [1.165, 1.54) is 48.4 Å². The maximum absolute atomic E-state index is 3.50. The lowest BCUT2D eigenvalue weighted by Crippen LogP contribution is -1.85. The fraction of sp³-hybridized carbons (Fsp3) is 0.429. The number of hydrogen-bond acceptors (Lipinski definition) is 1. The summed E-state index contributed by atoms with van der Waals surface area (Å²) in [5, 5.41) is 2.12. The molecule has 2 rings (SSSR count). The van der Waals surface area contributed by atoms with Crippen molar-refractivity contribution in [2.24, 2.45) is 0 Å². The Morgan fingerprint density at radius 3 is 2.81 bits per heavy atom. The first kappa shape index (κ1) is 11.5. The Morgan fingerprint density at radius 2 is 2.06 bits per heavy atom. The molecule has 0 radical (unpaired) electrons. The molecule has 0 aliphatic carbocycles. The summed E-state index contributed by atoms with van der Waals surface area (Å²) in [4.78, 5) is 4.84. The summed E-state index contributed by atoms with van der Waals surface area (Å²) in [5.41, 5.74) is 2.64. The molecular formula is C14H19NS. The third-order valence-electron chi connectivity index (χ3n) is 2.83. The quantitative estimate of drug-likeness (QED) is 0.685. The molecule has 2 heterocycles. The summed E-state index contributed by atoms with van der Waals surface area (Å²) in [6.07, 6.45) is 6.51. The molecule has 0 saturated heterocycles. The summed E-state index contributed by atoms with van der Waals surface area (Å²) in [5.74, 6) is 0.